The van der Waals surface area contributed by atoms with E-state index in [9.17, 15) is 8.78 Å². The van der Waals surface area contributed by atoms with Crippen molar-refractivity contribution in [3.8, 4) is 5.88 Å². The van der Waals surface area contributed by atoms with Crippen LogP contribution in [-0.2, 0) is 5.92 Å². The normalized spacial score (nSPS) is 12.2. The van der Waals surface area contributed by atoms with Gasteiger partial charge in [-0.25, -0.2) is 0 Å². The highest BCUT2D eigenvalue weighted by Gasteiger charge is 2.27. The molecule has 0 aliphatic heterocycles. The maximum absolute atomic E-state index is 12.7. The summed E-state index contributed by atoms with van der Waals surface area (Å²) >= 11 is 0. The predicted molar refractivity (Wildman–Crippen MR) is 43.9 cm³/mol. The average molecular weight is 190 g/mol. The second-order valence-corrected chi connectivity index (χ2v) is 3.17. The van der Waals surface area contributed by atoms with E-state index in [0.717, 1.165) is 6.92 Å². The van der Waals surface area contributed by atoms with E-state index in [0.29, 0.717) is 0 Å². The second-order valence-electron chi connectivity index (χ2n) is 3.17. The summed E-state index contributed by atoms with van der Waals surface area (Å²) in [5.74, 6) is -2.70. The average Bonchev–Trinajstić information content (AvgIpc) is 2.32. The molecule has 0 aliphatic carbocycles. The molecule has 1 aromatic heterocycles. The lowest BCUT2D eigenvalue weighted by Gasteiger charge is -2.05. The molecule has 0 saturated heterocycles. The Kier molecular flexibility index (Phi) is 2.54. The minimum Gasteiger partial charge on any atom is -0.474 e. The van der Waals surface area contributed by atoms with E-state index in [4.69, 9.17) is 4.74 Å². The van der Waals surface area contributed by atoms with E-state index in [-0.39, 0.29) is 17.7 Å². The molecular formula is C8H12F2N2O. The molecule has 1 N–H and O–H groups in total. The van der Waals surface area contributed by atoms with Gasteiger partial charge in [0.1, 0.15) is 5.69 Å². The first-order valence-electron chi connectivity index (χ1n) is 4.00. The molecule has 74 valence electrons. The van der Waals surface area contributed by atoms with Crippen molar-refractivity contribution in [2.45, 2.75) is 32.8 Å². The number of halogens is 2. The maximum Gasteiger partial charge on any atom is 0.286 e. The van der Waals surface area contributed by atoms with Gasteiger partial charge >= 0.3 is 0 Å². The zero-order valence-corrected chi connectivity index (χ0v) is 7.77. The molecule has 0 unspecified atom stereocenters. The highest BCUT2D eigenvalue weighted by Crippen LogP contribution is 2.27. The van der Waals surface area contributed by atoms with Crippen molar-refractivity contribution in [3.05, 3.63) is 11.8 Å². The van der Waals surface area contributed by atoms with Crippen LogP contribution in [0.25, 0.3) is 0 Å². The van der Waals surface area contributed by atoms with Crippen LogP contribution in [0, 0.1) is 0 Å². The molecule has 0 spiro atoms. The van der Waals surface area contributed by atoms with Crippen molar-refractivity contribution < 1.29 is 13.5 Å². The predicted octanol–water partition coefficient (Wildman–Crippen LogP) is 2.31. The number of rotatable bonds is 3. The molecular weight excluding hydrogens is 178 g/mol. The molecule has 0 amide bonds. The summed E-state index contributed by atoms with van der Waals surface area (Å²) in [4.78, 5) is 0. The Labute approximate surface area is 75.1 Å². The van der Waals surface area contributed by atoms with Gasteiger partial charge in [-0.05, 0) is 13.8 Å². The van der Waals surface area contributed by atoms with E-state index in [1.165, 1.54) is 6.07 Å². The molecule has 0 atom stereocenters. The van der Waals surface area contributed by atoms with Crippen LogP contribution in [0.15, 0.2) is 6.07 Å². The topological polar surface area (TPSA) is 37.9 Å². The molecule has 1 rings (SSSR count). The summed E-state index contributed by atoms with van der Waals surface area (Å²) in [6.07, 6.45) is -0.0679. The summed E-state index contributed by atoms with van der Waals surface area (Å²) in [6, 6.07) is 1.21. The van der Waals surface area contributed by atoms with Gasteiger partial charge in [0.15, 0.2) is 0 Å². The smallest absolute Gasteiger partial charge is 0.286 e. The maximum atomic E-state index is 12.7. The molecule has 1 aromatic rings. The van der Waals surface area contributed by atoms with Crippen molar-refractivity contribution in [1.29, 1.82) is 0 Å². The van der Waals surface area contributed by atoms with E-state index >= 15 is 0 Å². The number of aromatic nitrogens is 2. The third-order valence-corrected chi connectivity index (χ3v) is 1.38. The SMILES string of the molecule is CC(C)Oc1cc(C(C)(F)F)[nH]n1. The number of H-pyrrole nitrogens is 1. The van der Waals surface area contributed by atoms with Crippen molar-refractivity contribution in [3.63, 3.8) is 0 Å². The van der Waals surface area contributed by atoms with Crippen LogP contribution in [0.4, 0.5) is 8.78 Å². The van der Waals surface area contributed by atoms with Gasteiger partial charge in [-0.15, -0.1) is 5.10 Å². The minimum absolute atomic E-state index is 0.0679. The Morgan fingerprint density at radius 3 is 2.54 bits per heavy atom. The van der Waals surface area contributed by atoms with Crippen LogP contribution in [0.2, 0.25) is 0 Å². The zero-order chi connectivity index (χ0) is 10.1. The zero-order valence-electron chi connectivity index (χ0n) is 7.77. The monoisotopic (exact) mass is 190 g/mol. The third kappa shape index (κ3) is 2.68. The fraction of sp³-hybridized carbons (Fsp3) is 0.625. The number of aromatic amines is 1. The van der Waals surface area contributed by atoms with Gasteiger partial charge in [0.2, 0.25) is 5.88 Å². The van der Waals surface area contributed by atoms with Gasteiger partial charge in [-0.1, -0.05) is 0 Å². The standard InChI is InChI=1S/C8H12F2N2O/c1-5(2)13-7-4-6(11-12-7)8(3,9)10/h4-5H,1-3H3,(H,11,12). The summed E-state index contributed by atoms with van der Waals surface area (Å²) < 4.78 is 30.5. The van der Waals surface area contributed by atoms with Crippen molar-refractivity contribution in [2.75, 3.05) is 0 Å². The van der Waals surface area contributed by atoms with E-state index < -0.39 is 5.92 Å². The fourth-order valence-corrected chi connectivity index (χ4v) is 0.830. The molecule has 0 radical (unpaired) electrons. The minimum atomic E-state index is -2.90. The lowest BCUT2D eigenvalue weighted by Crippen LogP contribution is -2.07. The number of hydrogen-bond donors (Lipinski definition) is 1. The van der Waals surface area contributed by atoms with Gasteiger partial charge in [0.25, 0.3) is 5.92 Å². The molecule has 3 nitrogen and oxygen atoms in total. The number of nitrogens with zero attached hydrogens (tertiary/aromatic N) is 1. The van der Waals surface area contributed by atoms with Gasteiger partial charge in [0.05, 0.1) is 6.10 Å². The molecule has 0 bridgehead atoms. The van der Waals surface area contributed by atoms with Crippen molar-refractivity contribution in [2.24, 2.45) is 0 Å². The van der Waals surface area contributed by atoms with E-state index in [1.807, 2.05) is 0 Å². The first kappa shape index (κ1) is 9.95. The van der Waals surface area contributed by atoms with Gasteiger partial charge in [-0.2, -0.15) is 8.78 Å². The van der Waals surface area contributed by atoms with Crippen LogP contribution in [-0.4, -0.2) is 16.3 Å². The van der Waals surface area contributed by atoms with Crippen LogP contribution >= 0.6 is 0 Å². The summed E-state index contributed by atoms with van der Waals surface area (Å²) in [7, 11) is 0. The number of alkyl halides is 2. The Balaban J connectivity index is 2.75. The molecule has 5 heteroatoms. The summed E-state index contributed by atoms with van der Waals surface area (Å²) in [5.41, 5.74) is -0.233. The fourth-order valence-electron chi connectivity index (χ4n) is 0.830. The lowest BCUT2D eigenvalue weighted by molar-refractivity contribution is 0.0127. The quantitative estimate of drug-likeness (QED) is 0.794. The summed E-state index contributed by atoms with van der Waals surface area (Å²) in [5, 5.41) is 5.82. The van der Waals surface area contributed by atoms with Crippen LogP contribution < -0.4 is 4.74 Å². The van der Waals surface area contributed by atoms with Crippen molar-refractivity contribution >= 4 is 0 Å². The first-order chi connectivity index (χ1) is 5.89. The van der Waals surface area contributed by atoms with Crippen molar-refractivity contribution in [1.82, 2.24) is 10.2 Å². The molecule has 0 fully saturated rings. The highest BCUT2D eigenvalue weighted by molar-refractivity contribution is 5.17. The molecule has 1 heterocycles. The highest BCUT2D eigenvalue weighted by atomic mass is 19.3. The van der Waals surface area contributed by atoms with Crippen LogP contribution in [0.1, 0.15) is 26.5 Å². The van der Waals surface area contributed by atoms with E-state index in [1.54, 1.807) is 13.8 Å². The van der Waals surface area contributed by atoms with Gasteiger partial charge in [-0.3, -0.25) is 5.10 Å². The van der Waals surface area contributed by atoms with Gasteiger partial charge < -0.3 is 4.74 Å². The molecule has 0 aromatic carbocycles. The summed E-state index contributed by atoms with van der Waals surface area (Å²) in [6.45, 7) is 4.41. The van der Waals surface area contributed by atoms with Crippen LogP contribution in [0.3, 0.4) is 0 Å². The Hall–Kier alpha value is -1.13. The second kappa shape index (κ2) is 3.32. The lowest BCUT2D eigenvalue weighted by atomic mass is 10.3. The first-order valence-corrected chi connectivity index (χ1v) is 4.00. The van der Waals surface area contributed by atoms with E-state index in [2.05, 4.69) is 10.2 Å². The van der Waals surface area contributed by atoms with Crippen LogP contribution in [0.5, 0.6) is 5.88 Å². The molecule has 13 heavy (non-hydrogen) atoms. The number of hydrogen-bond acceptors (Lipinski definition) is 2. The van der Waals surface area contributed by atoms with Gasteiger partial charge in [0, 0.05) is 13.0 Å². The molecule has 0 saturated carbocycles. The Morgan fingerprint density at radius 2 is 2.15 bits per heavy atom. The number of nitrogens with one attached hydrogen (secondary N) is 1. The Bertz CT molecular complexity index is 278. The molecule has 0 aliphatic rings. The largest absolute Gasteiger partial charge is 0.474 e. The number of ether oxygens (including phenoxy) is 1. The Morgan fingerprint density at radius 1 is 1.54 bits per heavy atom. The third-order valence-electron chi connectivity index (χ3n) is 1.38.